The van der Waals surface area contributed by atoms with Crippen LogP contribution in [-0.2, 0) is 7.05 Å². The normalized spacial score (nSPS) is 30.0. The minimum atomic E-state index is 0.553. The van der Waals surface area contributed by atoms with E-state index in [4.69, 9.17) is 11.6 Å². The Hall–Kier alpha value is -0.540. The zero-order valence-electron chi connectivity index (χ0n) is 13.5. The summed E-state index contributed by atoms with van der Waals surface area (Å²) in [6.07, 6.45) is 8.46. The molecule has 0 spiro atoms. The first-order valence-electron chi connectivity index (χ1n) is 8.47. The van der Waals surface area contributed by atoms with Crippen molar-refractivity contribution in [2.24, 2.45) is 24.8 Å². The summed E-state index contributed by atoms with van der Waals surface area (Å²) in [4.78, 5) is 0. The van der Waals surface area contributed by atoms with Crippen LogP contribution in [0.25, 0.3) is 0 Å². The van der Waals surface area contributed by atoms with E-state index in [1.165, 1.54) is 37.8 Å². The second-order valence-corrected chi connectivity index (χ2v) is 7.77. The van der Waals surface area contributed by atoms with Gasteiger partial charge in [0.05, 0.1) is 16.9 Å². The average molecular weight is 310 g/mol. The predicted octanol–water partition coefficient (Wildman–Crippen LogP) is 3.98. The van der Waals surface area contributed by atoms with Crippen LogP contribution >= 0.6 is 11.6 Å². The lowest BCUT2D eigenvalue weighted by Crippen LogP contribution is -2.35. The summed E-state index contributed by atoms with van der Waals surface area (Å²) in [5, 5.41) is 8.95. The number of nitrogens with one attached hydrogen (secondary N) is 1. The molecular formula is C17H28ClN3. The molecule has 21 heavy (non-hydrogen) atoms. The first-order chi connectivity index (χ1) is 10.1. The molecule has 3 nitrogen and oxygen atoms in total. The zero-order chi connectivity index (χ0) is 15.0. The van der Waals surface area contributed by atoms with Crippen molar-refractivity contribution in [2.75, 3.05) is 6.54 Å². The van der Waals surface area contributed by atoms with Crippen molar-refractivity contribution in [3.63, 3.8) is 0 Å². The third kappa shape index (κ3) is 3.45. The Kier molecular flexibility index (Phi) is 4.60. The molecule has 0 amide bonds. The Balaban J connectivity index is 1.77. The van der Waals surface area contributed by atoms with Gasteiger partial charge >= 0.3 is 0 Å². The molecule has 3 unspecified atom stereocenters. The summed E-state index contributed by atoms with van der Waals surface area (Å²) >= 11 is 6.44. The van der Waals surface area contributed by atoms with Crippen molar-refractivity contribution >= 4 is 11.6 Å². The van der Waals surface area contributed by atoms with Gasteiger partial charge in [-0.2, -0.15) is 5.10 Å². The Labute approximate surface area is 133 Å². The second kappa shape index (κ2) is 6.29. The number of hydrogen-bond donors (Lipinski definition) is 1. The van der Waals surface area contributed by atoms with E-state index in [2.05, 4.69) is 24.3 Å². The summed E-state index contributed by atoms with van der Waals surface area (Å²) in [7, 11) is 2.03. The Morgan fingerprint density at radius 3 is 2.67 bits per heavy atom. The van der Waals surface area contributed by atoms with Crippen molar-refractivity contribution in [3.05, 3.63) is 16.9 Å². The lowest BCUT2D eigenvalue weighted by atomic mass is 9.69. The molecule has 0 aliphatic heterocycles. The van der Waals surface area contributed by atoms with Gasteiger partial charge in [0.25, 0.3) is 0 Å². The van der Waals surface area contributed by atoms with Crippen LogP contribution < -0.4 is 5.32 Å². The van der Waals surface area contributed by atoms with Crippen LogP contribution in [-0.4, -0.2) is 22.4 Å². The lowest BCUT2D eigenvalue weighted by molar-refractivity contribution is 0.185. The minimum absolute atomic E-state index is 0.553. The number of nitrogens with zero attached hydrogens (tertiary/aromatic N) is 2. The van der Waals surface area contributed by atoms with Gasteiger partial charge in [0, 0.05) is 19.0 Å². The molecule has 1 heterocycles. The highest BCUT2D eigenvalue weighted by atomic mass is 35.5. The van der Waals surface area contributed by atoms with Crippen LogP contribution in [0.2, 0.25) is 5.02 Å². The molecule has 1 aromatic heterocycles. The minimum Gasteiger partial charge on any atom is -0.314 e. The van der Waals surface area contributed by atoms with E-state index in [9.17, 15) is 0 Å². The van der Waals surface area contributed by atoms with Crippen molar-refractivity contribution in [1.82, 2.24) is 15.1 Å². The summed E-state index contributed by atoms with van der Waals surface area (Å²) in [6.45, 7) is 5.85. The molecule has 1 N–H and O–H groups in total. The van der Waals surface area contributed by atoms with Crippen LogP contribution in [0.3, 0.4) is 0 Å². The maximum absolute atomic E-state index is 6.44. The van der Waals surface area contributed by atoms with Gasteiger partial charge in [-0.05, 0) is 56.4 Å². The molecule has 0 aromatic carbocycles. The lowest BCUT2D eigenvalue weighted by Gasteiger charge is -2.38. The van der Waals surface area contributed by atoms with Crippen molar-refractivity contribution in [3.8, 4) is 0 Å². The monoisotopic (exact) mass is 309 g/mol. The fourth-order valence-electron chi connectivity index (χ4n) is 3.89. The van der Waals surface area contributed by atoms with Crippen LogP contribution in [0.1, 0.15) is 57.6 Å². The third-order valence-electron chi connectivity index (χ3n) is 5.51. The molecule has 3 rings (SSSR count). The molecule has 3 atom stereocenters. The second-order valence-electron chi connectivity index (χ2n) is 7.37. The summed E-state index contributed by atoms with van der Waals surface area (Å²) in [6, 6.07) is 0.787. The molecule has 0 radical (unpaired) electrons. The van der Waals surface area contributed by atoms with Crippen LogP contribution in [0, 0.1) is 17.8 Å². The molecule has 4 heteroatoms. The highest BCUT2D eigenvalue weighted by molar-refractivity contribution is 6.31. The standard InChI is InChI=1S/C17H28ClN3/c1-11(2)12-4-5-13(9-19-14-6-7-14)15(8-12)17-16(18)10-20-21(17)3/h10-15,19H,4-9H2,1-3H3. The molecule has 118 valence electrons. The van der Waals surface area contributed by atoms with Crippen molar-refractivity contribution in [2.45, 2.75) is 57.9 Å². The predicted molar refractivity (Wildman–Crippen MR) is 87.7 cm³/mol. The van der Waals surface area contributed by atoms with E-state index in [-0.39, 0.29) is 0 Å². The number of aromatic nitrogens is 2. The fourth-order valence-corrected chi connectivity index (χ4v) is 4.20. The van der Waals surface area contributed by atoms with E-state index in [0.29, 0.717) is 11.8 Å². The van der Waals surface area contributed by atoms with E-state index >= 15 is 0 Å². The van der Waals surface area contributed by atoms with E-state index < -0.39 is 0 Å². The summed E-state index contributed by atoms with van der Waals surface area (Å²) in [5.41, 5.74) is 1.25. The van der Waals surface area contributed by atoms with Crippen molar-refractivity contribution < 1.29 is 0 Å². The smallest absolute Gasteiger partial charge is 0.0820 e. The molecule has 0 saturated heterocycles. The van der Waals surface area contributed by atoms with Gasteiger partial charge in [0.2, 0.25) is 0 Å². The molecule has 2 aliphatic rings. The quantitative estimate of drug-likeness (QED) is 0.891. The number of rotatable bonds is 5. The topological polar surface area (TPSA) is 29.9 Å². The van der Waals surface area contributed by atoms with Gasteiger partial charge in [-0.1, -0.05) is 25.4 Å². The van der Waals surface area contributed by atoms with Gasteiger partial charge in [0.1, 0.15) is 0 Å². The summed E-state index contributed by atoms with van der Waals surface area (Å²) < 4.78 is 2.00. The van der Waals surface area contributed by atoms with Crippen LogP contribution in [0.15, 0.2) is 6.20 Å². The zero-order valence-corrected chi connectivity index (χ0v) is 14.2. The first kappa shape index (κ1) is 15.4. The average Bonchev–Trinajstić information content (AvgIpc) is 3.22. The van der Waals surface area contributed by atoms with E-state index in [0.717, 1.165) is 29.4 Å². The Bertz CT molecular complexity index is 459. The first-order valence-corrected chi connectivity index (χ1v) is 8.84. The van der Waals surface area contributed by atoms with Crippen LogP contribution in [0.5, 0.6) is 0 Å². The SMILES string of the molecule is CC(C)C1CCC(CNC2CC2)C(c2c(Cl)cnn2C)C1. The van der Waals surface area contributed by atoms with Crippen molar-refractivity contribution in [1.29, 1.82) is 0 Å². The number of hydrogen-bond acceptors (Lipinski definition) is 2. The molecule has 2 saturated carbocycles. The van der Waals surface area contributed by atoms with Crippen LogP contribution in [0.4, 0.5) is 0 Å². The summed E-state index contributed by atoms with van der Waals surface area (Å²) in [5.74, 6) is 2.83. The van der Waals surface area contributed by atoms with Gasteiger partial charge < -0.3 is 5.32 Å². The van der Waals surface area contributed by atoms with E-state index in [1.54, 1.807) is 6.20 Å². The van der Waals surface area contributed by atoms with Gasteiger partial charge in [0.15, 0.2) is 0 Å². The van der Waals surface area contributed by atoms with Gasteiger partial charge in [-0.15, -0.1) is 0 Å². The Morgan fingerprint density at radius 2 is 2.10 bits per heavy atom. The van der Waals surface area contributed by atoms with Gasteiger partial charge in [-0.3, -0.25) is 4.68 Å². The maximum atomic E-state index is 6.44. The molecule has 0 bridgehead atoms. The largest absolute Gasteiger partial charge is 0.314 e. The third-order valence-corrected chi connectivity index (χ3v) is 5.80. The van der Waals surface area contributed by atoms with E-state index in [1.807, 2.05) is 11.7 Å². The molecule has 2 fully saturated rings. The fraction of sp³-hybridized carbons (Fsp3) is 0.824. The maximum Gasteiger partial charge on any atom is 0.0820 e. The molecule has 2 aliphatic carbocycles. The highest BCUT2D eigenvalue weighted by Crippen LogP contribution is 2.44. The Morgan fingerprint density at radius 1 is 1.33 bits per heavy atom. The molecular weight excluding hydrogens is 282 g/mol. The van der Waals surface area contributed by atoms with Gasteiger partial charge in [-0.25, -0.2) is 0 Å². The highest BCUT2D eigenvalue weighted by Gasteiger charge is 2.36. The molecule has 1 aromatic rings. The number of aryl methyl sites for hydroxylation is 1. The number of halogens is 1.